The number of fused-ring (bicyclic) bond motifs is 1. The maximum atomic E-state index is 14.2. The molecule has 3 aromatic carbocycles. The molecule has 37 heavy (non-hydrogen) atoms. The minimum Gasteiger partial charge on any atom is -0.386 e. The number of carbonyl (C=O) groups excluding carboxylic acids is 1. The van der Waals surface area contributed by atoms with Gasteiger partial charge in [0.2, 0.25) is 0 Å². The van der Waals surface area contributed by atoms with Gasteiger partial charge in [-0.1, -0.05) is 59.6 Å². The molecule has 1 atom stereocenters. The van der Waals surface area contributed by atoms with E-state index in [9.17, 15) is 9.90 Å². The first-order valence-corrected chi connectivity index (χ1v) is 13.2. The zero-order chi connectivity index (χ0) is 26.4. The first kappa shape index (κ1) is 26.2. The van der Waals surface area contributed by atoms with E-state index in [0.717, 1.165) is 29.5 Å². The summed E-state index contributed by atoms with van der Waals surface area (Å²) in [6.45, 7) is 4.76. The molecule has 2 aliphatic rings. The topological polar surface area (TPSA) is 59.0 Å². The third kappa shape index (κ3) is 4.91. The van der Waals surface area contributed by atoms with E-state index in [0.29, 0.717) is 40.9 Å². The highest BCUT2D eigenvalue weighted by Crippen LogP contribution is 2.52. The monoisotopic (exact) mass is 539 g/mol. The molecule has 3 aromatic rings. The highest BCUT2D eigenvalue weighted by molar-refractivity contribution is 6.30. The molecule has 1 heterocycles. The van der Waals surface area contributed by atoms with Crippen LogP contribution in [-0.2, 0) is 27.3 Å². The van der Waals surface area contributed by atoms with E-state index in [-0.39, 0.29) is 11.3 Å². The summed E-state index contributed by atoms with van der Waals surface area (Å²) in [5.74, 6) is -0.164. The Hall–Kier alpha value is -2.41. The second-order valence-corrected chi connectivity index (χ2v) is 11.6. The number of nitrogens with zero attached hydrogens (tertiary/aromatic N) is 1. The lowest BCUT2D eigenvalue weighted by atomic mass is 9.89. The van der Waals surface area contributed by atoms with Gasteiger partial charge in [-0.25, -0.2) is 0 Å². The summed E-state index contributed by atoms with van der Waals surface area (Å²) in [5.41, 5.74) is 1.30. The van der Waals surface area contributed by atoms with Crippen LogP contribution in [-0.4, -0.2) is 36.2 Å². The number of amides is 1. The molecule has 0 aromatic heterocycles. The van der Waals surface area contributed by atoms with Crippen LogP contribution in [0.3, 0.4) is 0 Å². The number of hydrogen-bond acceptors (Lipinski definition) is 4. The molecule has 0 bridgehead atoms. The molecule has 1 unspecified atom stereocenters. The van der Waals surface area contributed by atoms with E-state index < -0.39 is 11.3 Å². The van der Waals surface area contributed by atoms with Crippen LogP contribution in [0, 0.1) is 5.41 Å². The number of aliphatic hydroxyl groups is 1. The number of hydrogen-bond donors (Lipinski definition) is 1. The summed E-state index contributed by atoms with van der Waals surface area (Å²) >= 11 is 12.4. The average molecular weight is 540 g/mol. The highest BCUT2D eigenvalue weighted by Gasteiger charge is 2.55. The smallest absolute Gasteiger partial charge is 0.257 e. The number of ether oxygens (including phenoxy) is 2. The third-order valence-electron chi connectivity index (χ3n) is 7.43. The van der Waals surface area contributed by atoms with Gasteiger partial charge in [-0.2, -0.15) is 0 Å². The zero-order valence-electron chi connectivity index (χ0n) is 21.3. The molecule has 1 aliphatic heterocycles. The van der Waals surface area contributed by atoms with E-state index in [1.54, 1.807) is 31.9 Å². The van der Waals surface area contributed by atoms with Gasteiger partial charge in [0, 0.05) is 45.8 Å². The molecule has 1 aliphatic carbocycles. The van der Waals surface area contributed by atoms with Crippen LogP contribution in [0.1, 0.15) is 59.3 Å². The van der Waals surface area contributed by atoms with Crippen LogP contribution in [0.25, 0.3) is 0 Å². The second kappa shape index (κ2) is 9.72. The summed E-state index contributed by atoms with van der Waals surface area (Å²) in [6.07, 6.45) is 2.01. The molecule has 0 saturated heterocycles. The molecule has 0 spiro atoms. The van der Waals surface area contributed by atoms with Crippen molar-refractivity contribution in [1.82, 2.24) is 4.90 Å². The molecule has 194 valence electrons. The Morgan fingerprint density at radius 2 is 1.57 bits per heavy atom. The van der Waals surface area contributed by atoms with Crippen LogP contribution in [0.5, 0.6) is 0 Å². The Morgan fingerprint density at radius 3 is 2.14 bits per heavy atom. The van der Waals surface area contributed by atoms with Crippen molar-refractivity contribution in [2.24, 2.45) is 5.41 Å². The molecule has 1 N–H and O–H groups in total. The van der Waals surface area contributed by atoms with Gasteiger partial charge >= 0.3 is 0 Å². The Bertz CT molecular complexity index is 1300. The predicted molar refractivity (Wildman–Crippen MR) is 145 cm³/mol. The Morgan fingerprint density at radius 1 is 0.946 bits per heavy atom. The zero-order valence-corrected chi connectivity index (χ0v) is 22.8. The van der Waals surface area contributed by atoms with E-state index in [2.05, 4.69) is 0 Å². The number of rotatable bonds is 9. The van der Waals surface area contributed by atoms with Crippen LogP contribution in [0.4, 0.5) is 0 Å². The Kier molecular flexibility index (Phi) is 6.88. The van der Waals surface area contributed by atoms with Gasteiger partial charge in [0.25, 0.3) is 5.91 Å². The number of benzene rings is 3. The van der Waals surface area contributed by atoms with Crippen molar-refractivity contribution in [3.63, 3.8) is 0 Å². The molecule has 5 nitrogen and oxygen atoms in total. The largest absolute Gasteiger partial charge is 0.386 e. The fourth-order valence-corrected chi connectivity index (χ4v) is 5.34. The van der Waals surface area contributed by atoms with Gasteiger partial charge in [-0.05, 0) is 68.1 Å². The van der Waals surface area contributed by atoms with Crippen molar-refractivity contribution >= 4 is 29.1 Å². The maximum absolute atomic E-state index is 14.2. The van der Waals surface area contributed by atoms with Crippen molar-refractivity contribution in [3.05, 3.63) is 105 Å². The first-order chi connectivity index (χ1) is 17.6. The molecule has 0 radical (unpaired) electrons. The average Bonchev–Trinajstić information content (AvgIpc) is 3.59. The minimum atomic E-state index is -1.18. The number of carbonyl (C=O) groups is 1. The van der Waals surface area contributed by atoms with Crippen molar-refractivity contribution in [3.8, 4) is 0 Å². The van der Waals surface area contributed by atoms with Gasteiger partial charge in [-0.15, -0.1) is 0 Å². The first-order valence-electron chi connectivity index (χ1n) is 12.4. The van der Waals surface area contributed by atoms with Crippen molar-refractivity contribution in [2.45, 2.75) is 44.6 Å². The predicted octanol–water partition coefficient (Wildman–Crippen LogP) is 6.52. The third-order valence-corrected chi connectivity index (χ3v) is 7.94. The van der Waals surface area contributed by atoms with E-state index in [1.807, 2.05) is 60.7 Å². The van der Waals surface area contributed by atoms with Crippen molar-refractivity contribution in [1.29, 1.82) is 0 Å². The Labute approximate surface area is 227 Å². The lowest BCUT2D eigenvalue weighted by Crippen LogP contribution is -2.47. The summed E-state index contributed by atoms with van der Waals surface area (Å²) in [4.78, 5) is 15.9. The SMILES string of the molecule is COCC1(COC2(c3ccc(Cl)cc3)c3ccc(C(C)(C)O)cc3C(=O)N2Cc2ccc(Cl)cc2)CC1. The van der Waals surface area contributed by atoms with Gasteiger partial charge < -0.3 is 14.6 Å². The molecular weight excluding hydrogens is 509 g/mol. The maximum Gasteiger partial charge on any atom is 0.257 e. The number of halogens is 2. The van der Waals surface area contributed by atoms with Gasteiger partial charge in [-0.3, -0.25) is 9.69 Å². The van der Waals surface area contributed by atoms with Gasteiger partial charge in [0.1, 0.15) is 0 Å². The van der Waals surface area contributed by atoms with Crippen LogP contribution in [0.2, 0.25) is 10.0 Å². The summed E-state index contributed by atoms with van der Waals surface area (Å²) in [7, 11) is 1.70. The lowest BCUT2D eigenvalue weighted by molar-refractivity contribution is -0.130. The van der Waals surface area contributed by atoms with Crippen molar-refractivity contribution < 1.29 is 19.4 Å². The molecular formula is C30H31Cl2NO4. The van der Waals surface area contributed by atoms with E-state index in [1.165, 1.54) is 0 Å². The quantitative estimate of drug-likeness (QED) is 0.336. The second-order valence-electron chi connectivity index (χ2n) is 10.7. The molecule has 1 saturated carbocycles. The Balaban J connectivity index is 1.68. The molecule has 5 rings (SSSR count). The van der Waals surface area contributed by atoms with Crippen LogP contribution >= 0.6 is 23.2 Å². The summed E-state index contributed by atoms with van der Waals surface area (Å²) in [6, 6.07) is 20.5. The summed E-state index contributed by atoms with van der Waals surface area (Å²) in [5, 5.41) is 11.9. The minimum absolute atomic E-state index is 0.0705. The summed E-state index contributed by atoms with van der Waals surface area (Å²) < 4.78 is 12.4. The highest BCUT2D eigenvalue weighted by atomic mass is 35.5. The van der Waals surface area contributed by atoms with Crippen LogP contribution < -0.4 is 0 Å². The van der Waals surface area contributed by atoms with Gasteiger partial charge in [0.15, 0.2) is 5.72 Å². The van der Waals surface area contributed by atoms with Crippen LogP contribution in [0.15, 0.2) is 66.7 Å². The normalized spacial score (nSPS) is 20.3. The fraction of sp³-hybridized carbons (Fsp3) is 0.367. The van der Waals surface area contributed by atoms with Gasteiger partial charge in [0.05, 0.1) is 18.8 Å². The van der Waals surface area contributed by atoms with Crippen molar-refractivity contribution in [2.75, 3.05) is 20.3 Å². The standard InChI is InChI=1S/C30H31Cl2NO4/c1-28(2,35)22-8-13-26-25(16-22)27(34)33(17-20-4-9-23(31)10-5-20)30(26,21-6-11-24(32)12-7-21)37-19-29(14-15-29)18-36-3/h4-13,16,35H,14-15,17-19H2,1-3H3. The lowest BCUT2D eigenvalue weighted by Gasteiger charge is -2.40. The number of methoxy groups -OCH3 is 1. The van der Waals surface area contributed by atoms with E-state index in [4.69, 9.17) is 32.7 Å². The molecule has 1 fully saturated rings. The van der Waals surface area contributed by atoms with E-state index >= 15 is 0 Å². The molecule has 1 amide bonds. The molecule has 7 heteroatoms. The fourth-order valence-electron chi connectivity index (χ4n) is 5.08.